The van der Waals surface area contributed by atoms with Crippen molar-refractivity contribution in [3.8, 4) is 0 Å². The highest BCUT2D eigenvalue weighted by molar-refractivity contribution is 5.96. The number of likely N-dealkylation sites (tertiary alicyclic amines) is 1. The van der Waals surface area contributed by atoms with Crippen LogP contribution in [0.4, 0.5) is 0 Å². The van der Waals surface area contributed by atoms with Gasteiger partial charge in [0.15, 0.2) is 5.78 Å². The first-order valence-corrected chi connectivity index (χ1v) is 10.0. The molecule has 0 spiro atoms. The summed E-state index contributed by atoms with van der Waals surface area (Å²) in [6, 6.07) is 9.70. The molecule has 1 aromatic carbocycles. The first kappa shape index (κ1) is 18.6. The monoisotopic (exact) mass is 343 g/mol. The summed E-state index contributed by atoms with van der Waals surface area (Å²) in [6.07, 6.45) is 6.75. The zero-order chi connectivity index (χ0) is 17.7. The Morgan fingerprint density at radius 1 is 1.24 bits per heavy atom. The number of nitrogens with zero attached hydrogens (tertiary/aromatic N) is 1. The van der Waals surface area contributed by atoms with Crippen LogP contribution in [0.2, 0.25) is 0 Å². The molecular formula is C22H33NO2. The fourth-order valence-corrected chi connectivity index (χ4v) is 4.53. The largest absolute Gasteiger partial charge is 0.375 e. The van der Waals surface area contributed by atoms with Crippen LogP contribution in [0.5, 0.6) is 0 Å². The molecule has 3 atom stereocenters. The molecule has 3 rings (SSSR count). The van der Waals surface area contributed by atoms with E-state index in [2.05, 4.69) is 18.7 Å². The average molecular weight is 344 g/mol. The highest BCUT2D eigenvalue weighted by Gasteiger charge is 2.36. The Labute approximate surface area is 152 Å². The zero-order valence-corrected chi connectivity index (χ0v) is 15.9. The Kier molecular flexibility index (Phi) is 6.29. The van der Waals surface area contributed by atoms with E-state index in [-0.39, 0.29) is 11.4 Å². The van der Waals surface area contributed by atoms with Gasteiger partial charge in [-0.1, -0.05) is 37.3 Å². The van der Waals surface area contributed by atoms with Crippen LogP contribution in [0.25, 0.3) is 0 Å². The van der Waals surface area contributed by atoms with Crippen molar-refractivity contribution < 1.29 is 9.53 Å². The number of Topliss-reactive ketones (excluding diaryl/α,β-unsaturated/α-hetero) is 1. The topological polar surface area (TPSA) is 29.5 Å². The van der Waals surface area contributed by atoms with Crippen LogP contribution < -0.4 is 0 Å². The molecule has 2 saturated heterocycles. The molecule has 1 aromatic rings. The molecule has 0 saturated carbocycles. The van der Waals surface area contributed by atoms with E-state index in [1.54, 1.807) is 0 Å². The van der Waals surface area contributed by atoms with Gasteiger partial charge in [0.05, 0.1) is 5.60 Å². The summed E-state index contributed by atoms with van der Waals surface area (Å²) >= 11 is 0. The first-order valence-electron chi connectivity index (χ1n) is 10.0. The number of hydrogen-bond donors (Lipinski definition) is 0. The van der Waals surface area contributed by atoms with Gasteiger partial charge in [-0.2, -0.15) is 0 Å². The van der Waals surface area contributed by atoms with Crippen LogP contribution in [-0.2, 0) is 4.74 Å². The number of carbonyl (C=O) groups excluding carboxylic acids is 1. The van der Waals surface area contributed by atoms with Gasteiger partial charge in [0.2, 0.25) is 0 Å². The molecule has 2 aliphatic rings. The van der Waals surface area contributed by atoms with Gasteiger partial charge in [-0.15, -0.1) is 0 Å². The zero-order valence-electron chi connectivity index (χ0n) is 15.9. The lowest BCUT2D eigenvalue weighted by Crippen LogP contribution is -2.44. The van der Waals surface area contributed by atoms with Crippen LogP contribution in [0, 0.1) is 11.8 Å². The second kappa shape index (κ2) is 8.46. The lowest BCUT2D eigenvalue weighted by Gasteiger charge is -2.44. The summed E-state index contributed by atoms with van der Waals surface area (Å²) in [5.74, 6) is 1.83. The van der Waals surface area contributed by atoms with Gasteiger partial charge < -0.3 is 9.64 Å². The van der Waals surface area contributed by atoms with E-state index < -0.39 is 0 Å². The summed E-state index contributed by atoms with van der Waals surface area (Å²) in [5, 5.41) is 0. The van der Waals surface area contributed by atoms with Crippen LogP contribution in [-0.4, -0.2) is 42.5 Å². The Balaban J connectivity index is 1.50. The fraction of sp³-hybridized carbons (Fsp3) is 0.682. The number of benzene rings is 1. The minimum Gasteiger partial charge on any atom is -0.375 e. The molecular weight excluding hydrogens is 310 g/mol. The smallest absolute Gasteiger partial charge is 0.164 e. The van der Waals surface area contributed by atoms with Crippen LogP contribution in [0.15, 0.2) is 30.3 Å². The molecule has 0 aromatic heterocycles. The molecule has 0 radical (unpaired) electrons. The van der Waals surface area contributed by atoms with Crippen molar-refractivity contribution in [1.29, 1.82) is 0 Å². The standard InChI is InChI=1S/C22H33NO2/c1-3-22(2)16-19(12-15-25-22)20-10-7-13-23(17-20)14-11-21(24)18-8-5-4-6-9-18/h4-6,8-9,19-20H,3,7,10-17H2,1-2H3. The maximum Gasteiger partial charge on any atom is 0.164 e. The maximum atomic E-state index is 12.4. The minimum absolute atomic E-state index is 0.0778. The third kappa shape index (κ3) is 4.92. The molecule has 2 heterocycles. The number of piperidine rings is 1. The van der Waals surface area contributed by atoms with E-state index in [1.807, 2.05) is 30.3 Å². The number of rotatable bonds is 6. The van der Waals surface area contributed by atoms with Gasteiger partial charge in [-0.25, -0.2) is 0 Å². The molecule has 0 aliphatic carbocycles. The van der Waals surface area contributed by atoms with E-state index in [0.717, 1.165) is 50.1 Å². The molecule has 2 aliphatic heterocycles. The van der Waals surface area contributed by atoms with Crippen LogP contribution in [0.3, 0.4) is 0 Å². The van der Waals surface area contributed by atoms with Crippen molar-refractivity contribution in [3.63, 3.8) is 0 Å². The predicted octanol–water partition coefficient (Wildman–Crippen LogP) is 4.57. The molecule has 3 heteroatoms. The first-order chi connectivity index (χ1) is 12.1. The third-order valence-electron chi connectivity index (χ3n) is 6.34. The molecule has 25 heavy (non-hydrogen) atoms. The highest BCUT2D eigenvalue weighted by atomic mass is 16.5. The van der Waals surface area contributed by atoms with Crippen molar-refractivity contribution >= 4 is 5.78 Å². The van der Waals surface area contributed by atoms with E-state index in [9.17, 15) is 4.79 Å². The van der Waals surface area contributed by atoms with Gasteiger partial charge in [-0.3, -0.25) is 4.79 Å². The van der Waals surface area contributed by atoms with Gasteiger partial charge in [0, 0.05) is 31.7 Å². The highest BCUT2D eigenvalue weighted by Crippen LogP contribution is 2.38. The number of carbonyl (C=O) groups is 1. The minimum atomic E-state index is 0.0778. The second-order valence-electron chi connectivity index (χ2n) is 8.15. The fourth-order valence-electron chi connectivity index (χ4n) is 4.53. The molecule has 138 valence electrons. The molecule has 0 bridgehead atoms. The summed E-state index contributed by atoms with van der Waals surface area (Å²) < 4.78 is 6.03. The van der Waals surface area contributed by atoms with E-state index in [1.165, 1.54) is 25.7 Å². The molecule has 3 nitrogen and oxygen atoms in total. The van der Waals surface area contributed by atoms with Gasteiger partial charge in [0.25, 0.3) is 0 Å². The molecule has 2 fully saturated rings. The second-order valence-corrected chi connectivity index (χ2v) is 8.15. The van der Waals surface area contributed by atoms with Crippen molar-refractivity contribution in [3.05, 3.63) is 35.9 Å². The summed E-state index contributed by atoms with van der Waals surface area (Å²) in [6.45, 7) is 8.64. The Hall–Kier alpha value is -1.19. The summed E-state index contributed by atoms with van der Waals surface area (Å²) in [4.78, 5) is 14.9. The summed E-state index contributed by atoms with van der Waals surface area (Å²) in [5.41, 5.74) is 0.924. The Morgan fingerprint density at radius 2 is 2.04 bits per heavy atom. The average Bonchev–Trinajstić information content (AvgIpc) is 2.67. The summed E-state index contributed by atoms with van der Waals surface area (Å²) in [7, 11) is 0. The Bertz CT molecular complexity index is 558. The van der Waals surface area contributed by atoms with Crippen LogP contribution in [0.1, 0.15) is 62.7 Å². The normalized spacial score (nSPS) is 31.0. The lowest BCUT2D eigenvalue weighted by atomic mass is 9.75. The van der Waals surface area contributed by atoms with Gasteiger partial charge in [0.1, 0.15) is 0 Å². The number of ketones is 1. The Morgan fingerprint density at radius 3 is 2.80 bits per heavy atom. The SMILES string of the molecule is CCC1(C)CC(C2CCCN(CCC(=O)c3ccccc3)C2)CCO1. The van der Waals surface area contributed by atoms with Crippen molar-refractivity contribution in [2.24, 2.45) is 11.8 Å². The van der Waals surface area contributed by atoms with Crippen molar-refractivity contribution in [2.75, 3.05) is 26.2 Å². The van der Waals surface area contributed by atoms with Crippen LogP contribution >= 0.6 is 0 Å². The predicted molar refractivity (Wildman–Crippen MR) is 102 cm³/mol. The lowest BCUT2D eigenvalue weighted by molar-refractivity contribution is -0.101. The maximum absolute atomic E-state index is 12.4. The van der Waals surface area contributed by atoms with Crippen molar-refractivity contribution in [2.45, 2.75) is 58.0 Å². The molecule has 0 N–H and O–H groups in total. The van der Waals surface area contributed by atoms with E-state index in [4.69, 9.17) is 4.74 Å². The number of ether oxygens (including phenoxy) is 1. The van der Waals surface area contributed by atoms with E-state index >= 15 is 0 Å². The van der Waals surface area contributed by atoms with Gasteiger partial charge in [-0.05, 0) is 57.4 Å². The third-order valence-corrected chi connectivity index (χ3v) is 6.34. The van der Waals surface area contributed by atoms with Crippen molar-refractivity contribution in [1.82, 2.24) is 4.90 Å². The van der Waals surface area contributed by atoms with E-state index in [0.29, 0.717) is 6.42 Å². The molecule has 0 amide bonds. The quantitative estimate of drug-likeness (QED) is 0.709. The van der Waals surface area contributed by atoms with Gasteiger partial charge >= 0.3 is 0 Å². The molecule has 3 unspecified atom stereocenters. The number of hydrogen-bond acceptors (Lipinski definition) is 3.